The van der Waals surface area contributed by atoms with Crippen LogP contribution in [0.1, 0.15) is 36.8 Å². The molecule has 152 valence electrons. The number of hydrogen-bond acceptors (Lipinski definition) is 4. The van der Waals surface area contributed by atoms with Gasteiger partial charge in [-0.1, -0.05) is 30.3 Å². The lowest BCUT2D eigenvalue weighted by Gasteiger charge is -2.36. The molecule has 1 saturated heterocycles. The molecule has 2 atom stereocenters. The largest absolute Gasteiger partial charge is 0.441 e. The molecule has 1 saturated carbocycles. The summed E-state index contributed by atoms with van der Waals surface area (Å²) in [5.74, 6) is 0.409. The minimum absolute atomic E-state index is 0.203. The molecule has 5 rings (SSSR count). The van der Waals surface area contributed by atoms with Crippen LogP contribution in [0.15, 0.2) is 54.9 Å². The van der Waals surface area contributed by atoms with Crippen LogP contribution in [0.25, 0.3) is 11.0 Å². The smallest absolute Gasteiger partial charge is 0.410 e. The molecule has 30 heavy (non-hydrogen) atoms. The van der Waals surface area contributed by atoms with Gasteiger partial charge in [0.25, 0.3) is 0 Å². The number of benzene rings is 2. The Morgan fingerprint density at radius 3 is 2.93 bits per heavy atom. The number of nitrogens with zero attached hydrogens (tertiary/aromatic N) is 4. The van der Waals surface area contributed by atoms with Crippen molar-refractivity contribution in [1.29, 1.82) is 5.26 Å². The van der Waals surface area contributed by atoms with Crippen LogP contribution in [0.5, 0.6) is 0 Å². The molecule has 3 aromatic rings. The molecule has 1 aliphatic heterocycles. The molecule has 0 bridgehead atoms. The van der Waals surface area contributed by atoms with Gasteiger partial charge >= 0.3 is 6.09 Å². The minimum Gasteiger partial charge on any atom is -0.441 e. The Labute approximate surface area is 175 Å². The van der Waals surface area contributed by atoms with Gasteiger partial charge in [-0.2, -0.15) is 5.26 Å². The van der Waals surface area contributed by atoms with Crippen LogP contribution in [0.2, 0.25) is 0 Å². The molecule has 0 unspecified atom stereocenters. The van der Waals surface area contributed by atoms with Crippen molar-refractivity contribution < 1.29 is 9.53 Å². The molecule has 1 spiro atoms. The second-order valence-electron chi connectivity index (χ2n) is 8.57. The fraction of sp³-hybridized carbons (Fsp3) is 0.375. The number of hydrogen-bond donors (Lipinski definition) is 0. The van der Waals surface area contributed by atoms with Crippen LogP contribution in [-0.4, -0.2) is 32.7 Å². The zero-order valence-electron chi connectivity index (χ0n) is 16.8. The first kappa shape index (κ1) is 18.7. The molecule has 0 N–H and O–H groups in total. The Morgan fingerprint density at radius 2 is 2.10 bits per heavy atom. The zero-order valence-corrected chi connectivity index (χ0v) is 16.8. The van der Waals surface area contributed by atoms with E-state index in [2.05, 4.69) is 15.6 Å². The number of aromatic nitrogens is 2. The van der Waals surface area contributed by atoms with Gasteiger partial charge in [0.2, 0.25) is 0 Å². The SMILES string of the molecule is N#Cc1ccc2ncn(C[C@H]3CCC[C@]4(C3)CN(Cc3ccccc3)C(=O)O4)c2c1. The van der Waals surface area contributed by atoms with Crippen molar-refractivity contribution in [3.63, 3.8) is 0 Å². The van der Waals surface area contributed by atoms with Crippen molar-refractivity contribution in [3.8, 4) is 6.07 Å². The number of amides is 1. The van der Waals surface area contributed by atoms with Crippen LogP contribution in [-0.2, 0) is 17.8 Å². The second-order valence-corrected chi connectivity index (χ2v) is 8.57. The fourth-order valence-corrected chi connectivity index (χ4v) is 5.00. The lowest BCUT2D eigenvalue weighted by atomic mass is 9.78. The van der Waals surface area contributed by atoms with Gasteiger partial charge in [0, 0.05) is 13.1 Å². The summed E-state index contributed by atoms with van der Waals surface area (Å²) in [6.45, 7) is 2.07. The zero-order chi connectivity index (χ0) is 20.6. The van der Waals surface area contributed by atoms with Crippen LogP contribution in [0, 0.1) is 17.2 Å². The van der Waals surface area contributed by atoms with E-state index in [-0.39, 0.29) is 11.7 Å². The number of carbonyl (C=O) groups is 1. The Hall–Kier alpha value is -3.33. The van der Waals surface area contributed by atoms with Crippen LogP contribution >= 0.6 is 0 Å². The molecule has 1 aliphatic carbocycles. The van der Waals surface area contributed by atoms with Gasteiger partial charge in [-0.15, -0.1) is 0 Å². The average Bonchev–Trinajstić information content (AvgIpc) is 3.29. The van der Waals surface area contributed by atoms with E-state index in [0.29, 0.717) is 24.6 Å². The maximum absolute atomic E-state index is 12.6. The first-order valence-electron chi connectivity index (χ1n) is 10.5. The van der Waals surface area contributed by atoms with Gasteiger partial charge < -0.3 is 9.30 Å². The van der Waals surface area contributed by atoms with Gasteiger partial charge in [0.1, 0.15) is 5.60 Å². The second kappa shape index (κ2) is 7.49. The Kier molecular flexibility index (Phi) is 4.66. The van der Waals surface area contributed by atoms with Crippen molar-refractivity contribution >= 4 is 17.1 Å². The molecule has 2 aromatic carbocycles. The van der Waals surface area contributed by atoms with E-state index < -0.39 is 0 Å². The summed E-state index contributed by atoms with van der Waals surface area (Å²) >= 11 is 0. The number of ether oxygens (including phenoxy) is 1. The van der Waals surface area contributed by atoms with E-state index in [1.807, 2.05) is 53.7 Å². The van der Waals surface area contributed by atoms with Gasteiger partial charge in [0.05, 0.1) is 35.5 Å². The van der Waals surface area contributed by atoms with E-state index in [1.165, 1.54) is 0 Å². The minimum atomic E-state index is -0.386. The summed E-state index contributed by atoms with van der Waals surface area (Å²) < 4.78 is 8.10. The quantitative estimate of drug-likeness (QED) is 0.647. The molecule has 2 heterocycles. The summed E-state index contributed by atoms with van der Waals surface area (Å²) in [7, 11) is 0. The summed E-state index contributed by atoms with van der Waals surface area (Å²) in [4.78, 5) is 18.9. The Balaban J connectivity index is 1.30. The highest BCUT2D eigenvalue weighted by Crippen LogP contribution is 2.41. The highest BCUT2D eigenvalue weighted by molar-refractivity contribution is 5.77. The summed E-state index contributed by atoms with van der Waals surface area (Å²) in [6, 6.07) is 17.9. The number of fused-ring (bicyclic) bond motifs is 1. The lowest BCUT2D eigenvalue weighted by molar-refractivity contribution is 0.00415. The van der Waals surface area contributed by atoms with E-state index in [9.17, 15) is 10.1 Å². The highest BCUT2D eigenvalue weighted by Gasteiger charge is 2.47. The molecule has 0 radical (unpaired) electrons. The monoisotopic (exact) mass is 400 g/mol. The third kappa shape index (κ3) is 3.52. The van der Waals surface area contributed by atoms with E-state index in [4.69, 9.17) is 4.74 Å². The summed E-state index contributed by atoms with van der Waals surface area (Å²) in [6.07, 6.45) is 5.59. The number of imidazole rings is 1. The maximum atomic E-state index is 12.6. The first-order chi connectivity index (χ1) is 14.6. The molecule has 6 heteroatoms. The molecule has 6 nitrogen and oxygen atoms in total. The van der Waals surface area contributed by atoms with Gasteiger partial charge in [-0.3, -0.25) is 4.90 Å². The third-order valence-corrected chi connectivity index (χ3v) is 6.37. The van der Waals surface area contributed by atoms with Crippen LogP contribution in [0.4, 0.5) is 4.79 Å². The van der Waals surface area contributed by atoms with Gasteiger partial charge in [-0.25, -0.2) is 9.78 Å². The molecular weight excluding hydrogens is 376 g/mol. The molecule has 2 fully saturated rings. The predicted molar refractivity (Wildman–Crippen MR) is 112 cm³/mol. The predicted octanol–water partition coefficient (Wildman–Crippen LogP) is 4.49. The van der Waals surface area contributed by atoms with Crippen molar-refractivity contribution in [1.82, 2.24) is 14.5 Å². The molecule has 2 aliphatic rings. The third-order valence-electron chi connectivity index (χ3n) is 6.37. The standard InChI is InChI=1S/C24H24N4O2/c25-13-19-8-9-21-22(11-19)28(17-26-21)15-20-7-4-10-24(12-20)16-27(23(29)30-24)14-18-5-2-1-3-6-18/h1-3,5-6,8-9,11,17,20H,4,7,10,12,14-16H2/t20-,24-/m0/s1. The Bertz CT molecular complexity index is 1120. The van der Waals surface area contributed by atoms with Crippen molar-refractivity contribution in [2.24, 2.45) is 5.92 Å². The first-order valence-corrected chi connectivity index (χ1v) is 10.5. The molecule has 1 aromatic heterocycles. The van der Waals surface area contributed by atoms with E-state index in [0.717, 1.165) is 48.8 Å². The molecular formula is C24H24N4O2. The van der Waals surface area contributed by atoms with Crippen LogP contribution in [0.3, 0.4) is 0 Å². The Morgan fingerprint density at radius 1 is 1.23 bits per heavy atom. The lowest BCUT2D eigenvalue weighted by Crippen LogP contribution is -2.40. The van der Waals surface area contributed by atoms with Crippen molar-refractivity contribution in [3.05, 3.63) is 66.0 Å². The molecule has 1 amide bonds. The van der Waals surface area contributed by atoms with Crippen molar-refractivity contribution in [2.75, 3.05) is 6.54 Å². The average molecular weight is 400 g/mol. The number of rotatable bonds is 4. The van der Waals surface area contributed by atoms with Gasteiger partial charge in [-0.05, 0) is 55.4 Å². The normalized spacial score (nSPS) is 23.6. The van der Waals surface area contributed by atoms with Gasteiger partial charge in [0.15, 0.2) is 0 Å². The number of carbonyl (C=O) groups excluding carboxylic acids is 1. The summed E-state index contributed by atoms with van der Waals surface area (Å²) in [5, 5.41) is 9.21. The summed E-state index contributed by atoms with van der Waals surface area (Å²) in [5.41, 5.74) is 3.27. The van der Waals surface area contributed by atoms with E-state index >= 15 is 0 Å². The maximum Gasteiger partial charge on any atom is 0.410 e. The highest BCUT2D eigenvalue weighted by atomic mass is 16.6. The van der Waals surface area contributed by atoms with E-state index in [1.54, 1.807) is 6.07 Å². The van der Waals surface area contributed by atoms with Crippen molar-refractivity contribution in [2.45, 2.75) is 44.4 Å². The van der Waals surface area contributed by atoms with Crippen LogP contribution < -0.4 is 0 Å². The number of nitriles is 1. The topological polar surface area (TPSA) is 71.2 Å². The fourth-order valence-electron chi connectivity index (χ4n) is 5.00.